The minimum Gasteiger partial charge on any atom is -0.306 e. The van der Waals surface area contributed by atoms with Crippen LogP contribution in [0.2, 0.25) is 0 Å². The molecule has 0 amide bonds. The van der Waals surface area contributed by atoms with Gasteiger partial charge in [0.2, 0.25) is 0 Å². The van der Waals surface area contributed by atoms with Crippen molar-refractivity contribution in [1.82, 2.24) is 5.32 Å². The molecule has 0 aliphatic heterocycles. The van der Waals surface area contributed by atoms with E-state index in [1.54, 1.807) is 0 Å². The van der Waals surface area contributed by atoms with E-state index in [1.807, 2.05) is 5.32 Å². The fourth-order valence-corrected chi connectivity index (χ4v) is 1.21. The van der Waals surface area contributed by atoms with E-state index in [2.05, 4.69) is 0 Å². The topological polar surface area (TPSA) is 12.0 Å². The van der Waals surface area contributed by atoms with Crippen molar-refractivity contribution in [2.45, 2.75) is 12.2 Å². The van der Waals surface area contributed by atoms with Crippen molar-refractivity contribution in [3.8, 4) is 0 Å². The highest BCUT2D eigenvalue weighted by atomic mass is 19.4. The predicted molar refractivity (Wildman–Crippen MR) is 44.2 cm³/mol. The normalized spacial score (nSPS) is 14.0. The van der Waals surface area contributed by atoms with E-state index in [0.29, 0.717) is 12.1 Å². The van der Waals surface area contributed by atoms with Gasteiger partial charge in [0.05, 0.1) is 0 Å². The Hall–Kier alpha value is -1.17. The lowest BCUT2D eigenvalue weighted by molar-refractivity contribution is -0.156. The molecule has 0 heterocycles. The molecule has 0 aliphatic rings. The lowest BCUT2D eigenvalue weighted by atomic mass is 10.1. The van der Waals surface area contributed by atoms with Crippen LogP contribution in [0.3, 0.4) is 0 Å². The quantitative estimate of drug-likeness (QED) is 0.763. The maximum Gasteiger partial charge on any atom is 0.407 e. The number of halogens is 5. The minimum absolute atomic E-state index is 0.357. The van der Waals surface area contributed by atoms with E-state index in [4.69, 9.17) is 0 Å². The second-order valence-electron chi connectivity index (χ2n) is 2.94. The summed E-state index contributed by atoms with van der Waals surface area (Å²) in [6.45, 7) is 0. The lowest BCUT2D eigenvalue weighted by Crippen LogP contribution is -2.31. The summed E-state index contributed by atoms with van der Waals surface area (Å²) >= 11 is 0. The van der Waals surface area contributed by atoms with Crippen LogP contribution in [0.15, 0.2) is 18.2 Å². The van der Waals surface area contributed by atoms with Crippen molar-refractivity contribution in [2.24, 2.45) is 0 Å². The third kappa shape index (κ3) is 2.65. The van der Waals surface area contributed by atoms with Gasteiger partial charge in [-0.05, 0) is 24.7 Å². The van der Waals surface area contributed by atoms with Gasteiger partial charge in [0.25, 0.3) is 0 Å². The monoisotopic (exact) mass is 225 g/mol. The van der Waals surface area contributed by atoms with E-state index in [0.717, 1.165) is 13.1 Å². The molecule has 1 unspecified atom stereocenters. The van der Waals surface area contributed by atoms with E-state index in [1.165, 1.54) is 0 Å². The maximum absolute atomic E-state index is 12.7. The first kappa shape index (κ1) is 11.9. The second kappa shape index (κ2) is 4.14. The number of benzene rings is 1. The molecule has 0 aliphatic carbocycles. The summed E-state index contributed by atoms with van der Waals surface area (Å²) in [4.78, 5) is 0. The fourth-order valence-electron chi connectivity index (χ4n) is 1.21. The van der Waals surface area contributed by atoms with Crippen LogP contribution in [-0.4, -0.2) is 13.2 Å². The molecular formula is C9H8F5N. The summed E-state index contributed by atoms with van der Waals surface area (Å²) in [7, 11) is 1.10. The van der Waals surface area contributed by atoms with Gasteiger partial charge in [-0.25, -0.2) is 8.78 Å². The molecule has 1 nitrogen and oxygen atoms in total. The molecule has 84 valence electrons. The van der Waals surface area contributed by atoms with Gasteiger partial charge in [-0.3, -0.25) is 0 Å². The Kier molecular flexibility index (Phi) is 3.28. The summed E-state index contributed by atoms with van der Waals surface area (Å²) in [6, 6.07) is 0.102. The van der Waals surface area contributed by atoms with Gasteiger partial charge >= 0.3 is 6.18 Å². The third-order valence-corrected chi connectivity index (χ3v) is 1.89. The van der Waals surface area contributed by atoms with Crippen LogP contribution in [0.1, 0.15) is 11.6 Å². The summed E-state index contributed by atoms with van der Waals surface area (Å²) in [5.74, 6) is -2.47. The molecule has 6 heteroatoms. The Morgan fingerprint density at radius 2 is 1.73 bits per heavy atom. The first-order valence-corrected chi connectivity index (χ1v) is 4.05. The number of nitrogens with one attached hydrogen (secondary N) is 1. The average Bonchev–Trinajstić information content (AvgIpc) is 2.10. The minimum atomic E-state index is -4.54. The van der Waals surface area contributed by atoms with Gasteiger partial charge in [-0.1, -0.05) is 6.07 Å². The number of alkyl halides is 3. The first-order valence-electron chi connectivity index (χ1n) is 4.05. The Morgan fingerprint density at radius 3 is 2.13 bits per heavy atom. The number of hydrogen-bond donors (Lipinski definition) is 1. The zero-order chi connectivity index (χ0) is 11.6. The van der Waals surface area contributed by atoms with E-state index < -0.39 is 23.9 Å². The van der Waals surface area contributed by atoms with Crippen LogP contribution >= 0.6 is 0 Å². The molecule has 1 rings (SSSR count). The van der Waals surface area contributed by atoms with Gasteiger partial charge in [0, 0.05) is 0 Å². The van der Waals surface area contributed by atoms with Crippen molar-refractivity contribution >= 4 is 0 Å². The molecule has 0 saturated heterocycles. The zero-order valence-electron chi connectivity index (χ0n) is 7.70. The summed E-state index contributed by atoms with van der Waals surface area (Å²) in [5.41, 5.74) is -0.357. The zero-order valence-corrected chi connectivity index (χ0v) is 7.70. The van der Waals surface area contributed by atoms with Gasteiger partial charge in [0.15, 0.2) is 11.6 Å². The average molecular weight is 225 g/mol. The van der Waals surface area contributed by atoms with Crippen molar-refractivity contribution < 1.29 is 22.0 Å². The smallest absolute Gasteiger partial charge is 0.306 e. The maximum atomic E-state index is 12.7. The highest BCUT2D eigenvalue weighted by Gasteiger charge is 2.39. The Morgan fingerprint density at radius 1 is 1.13 bits per heavy atom. The summed E-state index contributed by atoms with van der Waals surface area (Å²) in [5, 5.41) is 1.99. The standard InChI is InChI=1S/C9H8F5N/c1-15-8(9(12,13)14)5-2-3-6(10)7(11)4-5/h2-4,8,15H,1H3. The summed E-state index contributed by atoms with van der Waals surface area (Å²) in [6.07, 6.45) is -4.54. The van der Waals surface area contributed by atoms with Crippen molar-refractivity contribution in [1.29, 1.82) is 0 Å². The van der Waals surface area contributed by atoms with Crippen molar-refractivity contribution in [3.63, 3.8) is 0 Å². The SMILES string of the molecule is CNC(c1ccc(F)c(F)c1)C(F)(F)F. The number of rotatable bonds is 2. The molecule has 0 aromatic heterocycles. The van der Waals surface area contributed by atoms with Gasteiger partial charge in [0.1, 0.15) is 6.04 Å². The van der Waals surface area contributed by atoms with Gasteiger partial charge in [-0.2, -0.15) is 13.2 Å². The van der Waals surface area contributed by atoms with E-state index in [9.17, 15) is 22.0 Å². The van der Waals surface area contributed by atoms with E-state index >= 15 is 0 Å². The van der Waals surface area contributed by atoms with Crippen LogP contribution in [0.25, 0.3) is 0 Å². The number of hydrogen-bond acceptors (Lipinski definition) is 1. The van der Waals surface area contributed by atoms with Crippen LogP contribution < -0.4 is 5.32 Å². The Balaban J connectivity index is 3.08. The molecule has 1 atom stereocenters. The molecular weight excluding hydrogens is 217 g/mol. The van der Waals surface area contributed by atoms with E-state index in [-0.39, 0.29) is 5.56 Å². The Bertz CT molecular complexity index is 347. The predicted octanol–water partition coefficient (Wildman–Crippen LogP) is 2.79. The molecule has 1 N–H and O–H groups in total. The molecule has 1 aromatic carbocycles. The molecule has 15 heavy (non-hydrogen) atoms. The van der Waals surface area contributed by atoms with Crippen molar-refractivity contribution in [2.75, 3.05) is 7.05 Å². The van der Waals surface area contributed by atoms with Gasteiger partial charge in [-0.15, -0.1) is 0 Å². The van der Waals surface area contributed by atoms with Crippen LogP contribution in [0, 0.1) is 11.6 Å². The summed E-state index contributed by atoms with van der Waals surface area (Å²) < 4.78 is 62.3. The molecule has 0 fully saturated rings. The lowest BCUT2D eigenvalue weighted by Gasteiger charge is -2.19. The highest BCUT2D eigenvalue weighted by Crippen LogP contribution is 2.32. The first-order chi connectivity index (χ1) is 6.86. The third-order valence-electron chi connectivity index (χ3n) is 1.89. The Labute approximate surface area is 82.9 Å². The van der Waals surface area contributed by atoms with Crippen molar-refractivity contribution in [3.05, 3.63) is 35.4 Å². The van der Waals surface area contributed by atoms with Gasteiger partial charge < -0.3 is 5.32 Å². The molecule has 0 spiro atoms. The van der Waals surface area contributed by atoms with Crippen LogP contribution in [0.5, 0.6) is 0 Å². The van der Waals surface area contributed by atoms with Crippen LogP contribution in [-0.2, 0) is 0 Å². The largest absolute Gasteiger partial charge is 0.407 e. The molecule has 0 radical (unpaired) electrons. The second-order valence-corrected chi connectivity index (χ2v) is 2.94. The molecule has 0 bridgehead atoms. The molecule has 0 saturated carbocycles. The molecule has 1 aromatic rings. The fraction of sp³-hybridized carbons (Fsp3) is 0.333. The van der Waals surface area contributed by atoms with Crippen LogP contribution in [0.4, 0.5) is 22.0 Å². The highest BCUT2D eigenvalue weighted by molar-refractivity contribution is 5.22.